The summed E-state index contributed by atoms with van der Waals surface area (Å²) in [4.78, 5) is 4.53. The zero-order valence-corrected chi connectivity index (χ0v) is 18.2. The number of rotatable bonds is 6. The first-order valence-corrected chi connectivity index (χ1v) is 11.4. The average Bonchev–Trinajstić information content (AvgIpc) is 3.19. The fraction of sp³-hybridized carbons (Fsp3) is 0.0455. The summed E-state index contributed by atoms with van der Waals surface area (Å²) >= 11 is 2.19. The monoisotopic (exact) mass is 516 g/mol. The van der Waals surface area contributed by atoms with E-state index in [0.717, 1.165) is 9.13 Å². The third kappa shape index (κ3) is 4.35. The molecule has 1 heterocycles. The molecule has 4 aromatic rings. The van der Waals surface area contributed by atoms with Crippen LogP contribution in [-0.4, -0.2) is 13.4 Å². The Balaban J connectivity index is 1.77. The minimum Gasteiger partial charge on any atom is -0.419 e. The molecule has 29 heavy (non-hydrogen) atoms. The maximum atomic E-state index is 13.2. The molecule has 3 aromatic carbocycles. The summed E-state index contributed by atoms with van der Waals surface area (Å²) in [7, 11) is -3.84. The van der Waals surface area contributed by atoms with Gasteiger partial charge in [-0.05, 0) is 58.5 Å². The van der Waals surface area contributed by atoms with Gasteiger partial charge in [0.05, 0.1) is 4.90 Å². The van der Waals surface area contributed by atoms with Gasteiger partial charge >= 0.3 is 0 Å². The van der Waals surface area contributed by atoms with Gasteiger partial charge in [0.15, 0.2) is 0 Å². The number of nitrogens with one attached hydrogen (secondary N) is 1. The molecule has 7 heteroatoms. The van der Waals surface area contributed by atoms with E-state index >= 15 is 0 Å². The van der Waals surface area contributed by atoms with Gasteiger partial charge in [0.1, 0.15) is 0 Å². The highest BCUT2D eigenvalue weighted by molar-refractivity contribution is 14.1. The molecular formula is C22H17IN2O3S. The molecule has 146 valence electrons. The van der Waals surface area contributed by atoms with Gasteiger partial charge in [-0.3, -0.25) is 0 Å². The van der Waals surface area contributed by atoms with Crippen LogP contribution in [0.4, 0.5) is 5.88 Å². The first kappa shape index (κ1) is 19.7. The van der Waals surface area contributed by atoms with Gasteiger partial charge in [-0.25, -0.2) is 8.42 Å². The summed E-state index contributed by atoms with van der Waals surface area (Å²) in [5.74, 6) is 0.389. The lowest BCUT2D eigenvalue weighted by atomic mass is 10.2. The zero-order valence-electron chi connectivity index (χ0n) is 15.2. The first-order chi connectivity index (χ1) is 14.0. The van der Waals surface area contributed by atoms with Crippen molar-refractivity contribution < 1.29 is 12.8 Å². The van der Waals surface area contributed by atoms with Crippen LogP contribution < -0.4 is 5.32 Å². The number of aromatic nitrogens is 1. The fourth-order valence-corrected chi connectivity index (χ4v) is 4.68. The Hall–Kier alpha value is -2.65. The second kappa shape index (κ2) is 8.38. The molecule has 1 N–H and O–H groups in total. The second-order valence-corrected chi connectivity index (χ2v) is 9.43. The number of benzene rings is 3. The molecule has 4 rings (SSSR count). The Kier molecular flexibility index (Phi) is 5.68. The van der Waals surface area contributed by atoms with E-state index in [1.807, 2.05) is 54.6 Å². The van der Waals surface area contributed by atoms with Gasteiger partial charge in [-0.15, -0.1) is 0 Å². The Labute approximate surface area is 182 Å². The Morgan fingerprint density at radius 1 is 0.897 bits per heavy atom. The maximum Gasteiger partial charge on any atom is 0.234 e. The van der Waals surface area contributed by atoms with Crippen molar-refractivity contribution in [2.24, 2.45) is 0 Å². The van der Waals surface area contributed by atoms with Crippen molar-refractivity contribution >= 4 is 38.3 Å². The summed E-state index contributed by atoms with van der Waals surface area (Å²) in [5.41, 5.74) is 1.72. The number of sulfone groups is 1. The fourth-order valence-electron chi connectivity index (χ4n) is 2.83. The SMILES string of the molecule is O=S(=O)(c1ccccc1)c1nc(-c2cccc(I)c2)oc1NCc1ccccc1. The molecule has 0 fully saturated rings. The molecule has 0 aliphatic carbocycles. The Morgan fingerprint density at radius 2 is 1.59 bits per heavy atom. The van der Waals surface area contributed by atoms with E-state index < -0.39 is 9.84 Å². The van der Waals surface area contributed by atoms with Crippen LogP contribution in [-0.2, 0) is 16.4 Å². The summed E-state index contributed by atoms with van der Waals surface area (Å²) in [6.07, 6.45) is 0. The third-order valence-corrected chi connectivity index (χ3v) is 6.62. The van der Waals surface area contributed by atoms with E-state index in [2.05, 4.69) is 32.9 Å². The lowest BCUT2D eigenvalue weighted by molar-refractivity contribution is 0.576. The van der Waals surface area contributed by atoms with Crippen LogP contribution in [0.25, 0.3) is 11.5 Å². The number of nitrogens with zero attached hydrogens (tertiary/aromatic N) is 1. The quantitative estimate of drug-likeness (QED) is 0.348. The van der Waals surface area contributed by atoms with Crippen molar-refractivity contribution in [1.82, 2.24) is 4.98 Å². The second-order valence-electron chi connectivity index (χ2n) is 6.32. The van der Waals surface area contributed by atoms with Crippen molar-refractivity contribution in [3.8, 4) is 11.5 Å². The molecule has 0 unspecified atom stereocenters. The molecule has 0 amide bonds. The summed E-state index contributed by atoms with van der Waals surface area (Å²) in [5, 5.41) is 2.98. The van der Waals surface area contributed by atoms with Gasteiger partial charge in [0.2, 0.25) is 26.6 Å². The minimum absolute atomic E-state index is 0.117. The van der Waals surface area contributed by atoms with Crippen LogP contribution in [0.2, 0.25) is 0 Å². The van der Waals surface area contributed by atoms with Crippen LogP contribution in [0.1, 0.15) is 5.56 Å². The topological polar surface area (TPSA) is 72.2 Å². The number of hydrogen-bond acceptors (Lipinski definition) is 5. The summed E-state index contributed by atoms with van der Waals surface area (Å²) in [6.45, 7) is 0.416. The first-order valence-electron chi connectivity index (χ1n) is 8.89. The van der Waals surface area contributed by atoms with Gasteiger partial charge in [-0.1, -0.05) is 54.6 Å². The molecule has 0 spiro atoms. The van der Waals surface area contributed by atoms with Crippen LogP contribution in [0.3, 0.4) is 0 Å². The van der Waals surface area contributed by atoms with Gasteiger partial charge in [0.25, 0.3) is 0 Å². The standard InChI is InChI=1S/C22H17IN2O3S/c23-18-11-7-10-17(14-18)20-25-22(29(26,27)19-12-5-2-6-13-19)21(28-20)24-15-16-8-3-1-4-9-16/h1-14,24H,15H2. The number of hydrogen-bond donors (Lipinski definition) is 1. The molecule has 5 nitrogen and oxygen atoms in total. The molecule has 0 aliphatic heterocycles. The summed E-state index contributed by atoms with van der Waals surface area (Å²) in [6, 6.07) is 25.5. The molecular weight excluding hydrogens is 499 g/mol. The maximum absolute atomic E-state index is 13.2. The smallest absolute Gasteiger partial charge is 0.234 e. The van der Waals surface area contributed by atoms with Gasteiger partial charge < -0.3 is 9.73 Å². The molecule has 0 saturated carbocycles. The normalized spacial score (nSPS) is 11.3. The zero-order chi connectivity index (χ0) is 20.3. The van der Waals surface area contributed by atoms with Gasteiger partial charge in [-0.2, -0.15) is 4.98 Å². The molecule has 0 atom stereocenters. The van der Waals surface area contributed by atoms with E-state index in [0.29, 0.717) is 12.1 Å². The summed E-state index contributed by atoms with van der Waals surface area (Å²) < 4.78 is 33.3. The molecule has 1 aromatic heterocycles. The van der Waals surface area contributed by atoms with Crippen LogP contribution >= 0.6 is 22.6 Å². The van der Waals surface area contributed by atoms with E-state index in [-0.39, 0.29) is 21.7 Å². The van der Waals surface area contributed by atoms with Crippen molar-refractivity contribution in [3.63, 3.8) is 0 Å². The van der Waals surface area contributed by atoms with Crippen molar-refractivity contribution in [1.29, 1.82) is 0 Å². The Bertz CT molecular complexity index is 1220. The van der Waals surface area contributed by atoms with Crippen molar-refractivity contribution in [3.05, 3.63) is 94.1 Å². The number of anilines is 1. The predicted molar refractivity (Wildman–Crippen MR) is 120 cm³/mol. The van der Waals surface area contributed by atoms with Crippen molar-refractivity contribution in [2.75, 3.05) is 5.32 Å². The minimum atomic E-state index is -3.84. The van der Waals surface area contributed by atoms with Gasteiger partial charge in [0, 0.05) is 15.7 Å². The highest BCUT2D eigenvalue weighted by Crippen LogP contribution is 2.33. The van der Waals surface area contributed by atoms with Crippen molar-refractivity contribution in [2.45, 2.75) is 16.5 Å². The van der Waals surface area contributed by atoms with E-state index in [4.69, 9.17) is 4.42 Å². The third-order valence-electron chi connectivity index (χ3n) is 4.27. The van der Waals surface area contributed by atoms with Crippen LogP contribution in [0.15, 0.2) is 99.3 Å². The highest BCUT2D eigenvalue weighted by atomic mass is 127. The number of halogens is 1. The van der Waals surface area contributed by atoms with E-state index in [1.165, 1.54) is 0 Å². The van der Waals surface area contributed by atoms with E-state index in [9.17, 15) is 8.42 Å². The van der Waals surface area contributed by atoms with Crippen LogP contribution in [0.5, 0.6) is 0 Å². The Morgan fingerprint density at radius 3 is 2.28 bits per heavy atom. The lowest BCUT2D eigenvalue weighted by Crippen LogP contribution is -2.07. The predicted octanol–water partition coefficient (Wildman–Crippen LogP) is 5.39. The molecule has 0 aliphatic rings. The molecule has 0 radical (unpaired) electrons. The molecule has 0 bridgehead atoms. The average molecular weight is 516 g/mol. The molecule has 0 saturated heterocycles. The largest absolute Gasteiger partial charge is 0.419 e. The lowest BCUT2D eigenvalue weighted by Gasteiger charge is -2.06. The highest BCUT2D eigenvalue weighted by Gasteiger charge is 2.28. The number of oxazole rings is 1. The van der Waals surface area contributed by atoms with E-state index in [1.54, 1.807) is 30.3 Å². The van der Waals surface area contributed by atoms with Crippen LogP contribution in [0, 0.1) is 3.57 Å².